The molecule has 2 aliphatic rings. The van der Waals surface area contributed by atoms with Crippen LogP contribution < -0.4 is 0 Å². The van der Waals surface area contributed by atoms with Gasteiger partial charge in [0.1, 0.15) is 5.15 Å². The van der Waals surface area contributed by atoms with Crippen molar-refractivity contribution in [2.75, 3.05) is 7.11 Å². The SMILES string of the molecule is COC(=O)N1[C@H]2CC[C@@H]1C(c1ccc(Cl)nc1)C2. The van der Waals surface area contributed by atoms with Crippen LogP contribution in [0.4, 0.5) is 4.79 Å². The molecule has 1 amide bonds. The third-order valence-corrected chi connectivity index (χ3v) is 4.32. The molecule has 0 aromatic carbocycles. The summed E-state index contributed by atoms with van der Waals surface area (Å²) in [6.45, 7) is 0. The van der Waals surface area contributed by atoms with Gasteiger partial charge in [-0.1, -0.05) is 17.7 Å². The van der Waals surface area contributed by atoms with Crippen LogP contribution in [-0.2, 0) is 4.74 Å². The second-order valence-corrected chi connectivity index (χ2v) is 5.32. The Balaban J connectivity index is 1.85. The summed E-state index contributed by atoms with van der Waals surface area (Å²) in [7, 11) is 1.44. The number of hydrogen-bond donors (Lipinski definition) is 0. The number of carbonyl (C=O) groups is 1. The topological polar surface area (TPSA) is 42.4 Å². The van der Waals surface area contributed by atoms with Gasteiger partial charge < -0.3 is 9.64 Å². The average molecular weight is 267 g/mol. The molecule has 1 aromatic heterocycles. The summed E-state index contributed by atoms with van der Waals surface area (Å²) < 4.78 is 4.87. The summed E-state index contributed by atoms with van der Waals surface area (Å²) in [5.74, 6) is 0.368. The van der Waals surface area contributed by atoms with Crippen LogP contribution in [0.1, 0.15) is 30.7 Å². The van der Waals surface area contributed by atoms with Crippen molar-refractivity contribution >= 4 is 17.7 Å². The molecule has 2 saturated heterocycles. The van der Waals surface area contributed by atoms with Crippen LogP contribution in [-0.4, -0.2) is 35.2 Å². The molecule has 0 radical (unpaired) electrons. The van der Waals surface area contributed by atoms with Crippen molar-refractivity contribution in [3.8, 4) is 0 Å². The van der Waals surface area contributed by atoms with Crippen LogP contribution in [0.25, 0.3) is 0 Å². The summed E-state index contributed by atoms with van der Waals surface area (Å²) in [6.07, 6.45) is 4.75. The number of halogens is 1. The molecule has 96 valence electrons. The summed E-state index contributed by atoms with van der Waals surface area (Å²) in [4.78, 5) is 17.8. The molecule has 3 atom stereocenters. The highest BCUT2D eigenvalue weighted by Gasteiger charge is 2.49. The van der Waals surface area contributed by atoms with Gasteiger partial charge in [-0.15, -0.1) is 0 Å². The average Bonchev–Trinajstić information content (AvgIpc) is 2.96. The Morgan fingerprint density at radius 3 is 3.00 bits per heavy atom. The smallest absolute Gasteiger partial charge is 0.410 e. The summed E-state index contributed by atoms with van der Waals surface area (Å²) in [5.41, 5.74) is 1.17. The summed E-state index contributed by atoms with van der Waals surface area (Å²) in [6, 6.07) is 4.40. The van der Waals surface area contributed by atoms with Crippen molar-refractivity contribution in [1.82, 2.24) is 9.88 Å². The van der Waals surface area contributed by atoms with Crippen LogP contribution in [0.5, 0.6) is 0 Å². The van der Waals surface area contributed by atoms with Gasteiger partial charge in [-0.05, 0) is 30.9 Å². The number of amides is 1. The Morgan fingerprint density at radius 1 is 1.50 bits per heavy atom. The highest BCUT2D eigenvalue weighted by atomic mass is 35.5. The zero-order valence-electron chi connectivity index (χ0n) is 10.2. The van der Waals surface area contributed by atoms with E-state index in [-0.39, 0.29) is 12.1 Å². The first-order valence-corrected chi connectivity index (χ1v) is 6.56. The third kappa shape index (κ3) is 1.75. The number of fused-ring (bicyclic) bond motifs is 2. The fourth-order valence-corrected chi connectivity index (χ4v) is 3.46. The van der Waals surface area contributed by atoms with Gasteiger partial charge in [0.2, 0.25) is 0 Å². The summed E-state index contributed by atoms with van der Waals surface area (Å²) in [5, 5.41) is 0.506. The van der Waals surface area contributed by atoms with Crippen LogP contribution >= 0.6 is 11.6 Å². The second kappa shape index (κ2) is 4.43. The molecule has 0 saturated carbocycles. The van der Waals surface area contributed by atoms with E-state index >= 15 is 0 Å². The first-order valence-electron chi connectivity index (χ1n) is 6.18. The number of carbonyl (C=O) groups excluding carboxylic acids is 1. The van der Waals surface area contributed by atoms with Gasteiger partial charge in [0, 0.05) is 24.2 Å². The highest BCUT2D eigenvalue weighted by molar-refractivity contribution is 6.29. The molecule has 3 rings (SSSR count). The third-order valence-electron chi connectivity index (χ3n) is 4.10. The number of pyridine rings is 1. The Labute approximate surface area is 111 Å². The van der Waals surface area contributed by atoms with Gasteiger partial charge in [-0.25, -0.2) is 9.78 Å². The molecule has 0 aliphatic carbocycles. The van der Waals surface area contributed by atoms with E-state index in [2.05, 4.69) is 4.98 Å². The van der Waals surface area contributed by atoms with E-state index in [0.717, 1.165) is 19.3 Å². The first-order chi connectivity index (χ1) is 8.70. The Hall–Kier alpha value is -1.29. The number of nitrogens with zero attached hydrogens (tertiary/aromatic N) is 2. The van der Waals surface area contributed by atoms with E-state index in [9.17, 15) is 4.79 Å². The van der Waals surface area contributed by atoms with Gasteiger partial charge >= 0.3 is 6.09 Å². The minimum absolute atomic E-state index is 0.202. The lowest BCUT2D eigenvalue weighted by Gasteiger charge is -2.23. The Bertz CT molecular complexity index is 463. The molecule has 2 bridgehead atoms. The fourth-order valence-electron chi connectivity index (χ4n) is 3.34. The number of hydrogen-bond acceptors (Lipinski definition) is 3. The Morgan fingerprint density at radius 2 is 2.33 bits per heavy atom. The molecule has 0 spiro atoms. The van der Waals surface area contributed by atoms with Gasteiger partial charge in [-0.3, -0.25) is 0 Å². The van der Waals surface area contributed by atoms with Crippen molar-refractivity contribution in [3.05, 3.63) is 29.0 Å². The molecule has 5 heteroatoms. The number of methoxy groups -OCH3 is 1. The van der Waals surface area contributed by atoms with Gasteiger partial charge in [0.05, 0.1) is 7.11 Å². The molecule has 2 aliphatic heterocycles. The van der Waals surface area contributed by atoms with E-state index in [0.29, 0.717) is 17.1 Å². The lowest BCUT2D eigenvalue weighted by atomic mass is 9.85. The zero-order chi connectivity index (χ0) is 12.7. The second-order valence-electron chi connectivity index (χ2n) is 4.93. The predicted molar refractivity (Wildman–Crippen MR) is 67.7 cm³/mol. The van der Waals surface area contributed by atoms with Crippen LogP contribution in [0.15, 0.2) is 18.3 Å². The molecular weight excluding hydrogens is 252 g/mol. The van der Waals surface area contributed by atoms with E-state index in [4.69, 9.17) is 16.3 Å². The van der Waals surface area contributed by atoms with E-state index in [1.165, 1.54) is 12.7 Å². The molecule has 0 N–H and O–H groups in total. The van der Waals surface area contributed by atoms with E-state index < -0.39 is 0 Å². The Kier molecular flexibility index (Phi) is 2.90. The van der Waals surface area contributed by atoms with Crippen molar-refractivity contribution in [2.45, 2.75) is 37.3 Å². The maximum absolute atomic E-state index is 11.8. The lowest BCUT2D eigenvalue weighted by molar-refractivity contribution is 0.116. The zero-order valence-corrected chi connectivity index (χ0v) is 10.9. The molecule has 18 heavy (non-hydrogen) atoms. The maximum Gasteiger partial charge on any atom is 0.410 e. The number of rotatable bonds is 1. The van der Waals surface area contributed by atoms with Crippen molar-refractivity contribution in [1.29, 1.82) is 0 Å². The minimum atomic E-state index is -0.202. The lowest BCUT2D eigenvalue weighted by Crippen LogP contribution is -2.36. The molecule has 2 fully saturated rings. The number of ether oxygens (including phenoxy) is 1. The maximum atomic E-state index is 11.8. The highest BCUT2D eigenvalue weighted by Crippen LogP contribution is 2.46. The normalized spacial score (nSPS) is 29.7. The van der Waals surface area contributed by atoms with Crippen molar-refractivity contribution < 1.29 is 9.53 Å². The fraction of sp³-hybridized carbons (Fsp3) is 0.538. The van der Waals surface area contributed by atoms with Crippen molar-refractivity contribution in [2.24, 2.45) is 0 Å². The van der Waals surface area contributed by atoms with Crippen LogP contribution in [0.2, 0.25) is 5.15 Å². The van der Waals surface area contributed by atoms with Gasteiger partial charge in [-0.2, -0.15) is 0 Å². The molecule has 3 heterocycles. The monoisotopic (exact) mass is 266 g/mol. The summed E-state index contributed by atoms with van der Waals surface area (Å²) >= 11 is 5.80. The van der Waals surface area contributed by atoms with Crippen molar-refractivity contribution in [3.63, 3.8) is 0 Å². The quantitative estimate of drug-likeness (QED) is 0.734. The predicted octanol–water partition coefficient (Wildman–Crippen LogP) is 2.82. The molecule has 1 aromatic rings. The molecule has 1 unspecified atom stereocenters. The van der Waals surface area contributed by atoms with E-state index in [1.54, 1.807) is 0 Å². The van der Waals surface area contributed by atoms with E-state index in [1.807, 2.05) is 23.2 Å². The van der Waals surface area contributed by atoms with Crippen LogP contribution in [0.3, 0.4) is 0 Å². The van der Waals surface area contributed by atoms with Gasteiger partial charge in [0.15, 0.2) is 0 Å². The largest absolute Gasteiger partial charge is 0.453 e. The number of aromatic nitrogens is 1. The standard InChI is InChI=1S/C13H15ClN2O2/c1-18-13(17)16-9-3-4-11(16)10(6-9)8-2-5-12(14)15-7-8/h2,5,7,9-11H,3-4,6H2,1H3/t9-,10?,11+/m0/s1. The minimum Gasteiger partial charge on any atom is -0.453 e. The molecule has 4 nitrogen and oxygen atoms in total. The van der Waals surface area contributed by atoms with Crippen LogP contribution in [0, 0.1) is 0 Å². The first kappa shape index (κ1) is 11.8. The molecular formula is C13H15ClN2O2. The van der Waals surface area contributed by atoms with Gasteiger partial charge in [0.25, 0.3) is 0 Å².